The minimum absolute atomic E-state index is 0.0892. The van der Waals surface area contributed by atoms with Crippen molar-refractivity contribution < 1.29 is 8.78 Å². The van der Waals surface area contributed by atoms with Crippen molar-refractivity contribution in [3.8, 4) is 0 Å². The van der Waals surface area contributed by atoms with E-state index in [9.17, 15) is 8.78 Å². The lowest BCUT2D eigenvalue weighted by Gasteiger charge is -2.12. The van der Waals surface area contributed by atoms with E-state index in [2.05, 4.69) is 17.5 Å². The molecule has 0 atom stereocenters. The summed E-state index contributed by atoms with van der Waals surface area (Å²) in [7, 11) is 0. The molecule has 0 fully saturated rings. The Kier molecular flexibility index (Phi) is 3.67. The van der Waals surface area contributed by atoms with Crippen LogP contribution in [0, 0.1) is 0 Å². The number of alkyl halides is 2. The molecule has 1 nitrogen and oxygen atoms in total. The van der Waals surface area contributed by atoms with E-state index in [1.54, 1.807) is 12.1 Å². The number of benzene rings is 1. The quantitative estimate of drug-likeness (QED) is 0.771. The van der Waals surface area contributed by atoms with Crippen LogP contribution in [0.15, 0.2) is 36.4 Å². The second-order valence-electron chi connectivity index (χ2n) is 4.06. The Morgan fingerprint density at radius 3 is 2.31 bits per heavy atom. The SMILES string of the molecule is FC(F)c1ccc(CNC2CC=CC2)cc1. The lowest BCUT2D eigenvalue weighted by atomic mass is 10.1. The van der Waals surface area contributed by atoms with E-state index in [1.807, 2.05) is 0 Å². The molecule has 0 aromatic heterocycles. The van der Waals surface area contributed by atoms with Crippen LogP contribution in [0.1, 0.15) is 30.4 Å². The molecular weight excluding hydrogens is 208 g/mol. The normalized spacial score (nSPS) is 16.2. The molecule has 0 saturated heterocycles. The fraction of sp³-hybridized carbons (Fsp3) is 0.385. The Bertz CT molecular complexity index is 349. The standard InChI is InChI=1S/C13H15F2N/c14-13(15)11-7-5-10(6-8-11)9-16-12-3-1-2-4-12/h1-2,5-8,12-13,16H,3-4,9H2. The van der Waals surface area contributed by atoms with Gasteiger partial charge in [-0.2, -0.15) is 0 Å². The van der Waals surface area contributed by atoms with Gasteiger partial charge in [-0.05, 0) is 18.4 Å². The summed E-state index contributed by atoms with van der Waals surface area (Å²) in [5.74, 6) is 0. The van der Waals surface area contributed by atoms with E-state index in [0.29, 0.717) is 6.04 Å². The molecule has 1 aliphatic rings. The minimum Gasteiger partial charge on any atom is -0.309 e. The molecule has 0 bridgehead atoms. The highest BCUT2D eigenvalue weighted by atomic mass is 19.3. The first-order chi connectivity index (χ1) is 7.75. The highest BCUT2D eigenvalue weighted by molar-refractivity contribution is 5.23. The predicted octanol–water partition coefficient (Wildman–Crippen LogP) is 3.43. The van der Waals surface area contributed by atoms with Crippen molar-refractivity contribution in [2.24, 2.45) is 0 Å². The van der Waals surface area contributed by atoms with Crippen LogP contribution < -0.4 is 5.32 Å². The van der Waals surface area contributed by atoms with Crippen molar-refractivity contribution in [1.82, 2.24) is 5.32 Å². The van der Waals surface area contributed by atoms with Gasteiger partial charge in [0.25, 0.3) is 6.43 Å². The largest absolute Gasteiger partial charge is 0.309 e. The fourth-order valence-electron chi connectivity index (χ4n) is 1.83. The summed E-state index contributed by atoms with van der Waals surface area (Å²) in [5, 5.41) is 3.40. The number of hydrogen-bond acceptors (Lipinski definition) is 1. The number of halogens is 2. The van der Waals surface area contributed by atoms with Gasteiger partial charge in [-0.15, -0.1) is 0 Å². The van der Waals surface area contributed by atoms with Crippen LogP contribution in [0.4, 0.5) is 8.78 Å². The van der Waals surface area contributed by atoms with Crippen molar-refractivity contribution in [3.63, 3.8) is 0 Å². The van der Waals surface area contributed by atoms with E-state index >= 15 is 0 Å². The number of nitrogens with one attached hydrogen (secondary N) is 1. The van der Waals surface area contributed by atoms with E-state index in [-0.39, 0.29) is 5.56 Å². The fourth-order valence-corrected chi connectivity index (χ4v) is 1.83. The van der Waals surface area contributed by atoms with Crippen molar-refractivity contribution >= 4 is 0 Å². The Morgan fingerprint density at radius 2 is 1.75 bits per heavy atom. The summed E-state index contributed by atoms with van der Waals surface area (Å²) < 4.78 is 24.6. The maximum atomic E-state index is 12.3. The molecule has 0 unspecified atom stereocenters. The summed E-state index contributed by atoms with van der Waals surface area (Å²) in [5.41, 5.74) is 1.14. The molecule has 3 heteroatoms. The third kappa shape index (κ3) is 2.89. The highest BCUT2D eigenvalue weighted by Crippen LogP contribution is 2.19. The second-order valence-corrected chi connectivity index (χ2v) is 4.06. The average Bonchev–Trinajstić information content (AvgIpc) is 2.80. The zero-order chi connectivity index (χ0) is 11.4. The van der Waals surface area contributed by atoms with E-state index in [0.717, 1.165) is 24.9 Å². The Hall–Kier alpha value is -1.22. The van der Waals surface area contributed by atoms with E-state index in [4.69, 9.17) is 0 Å². The van der Waals surface area contributed by atoms with Gasteiger partial charge >= 0.3 is 0 Å². The van der Waals surface area contributed by atoms with Crippen molar-refractivity contribution in [2.45, 2.75) is 31.9 Å². The zero-order valence-corrected chi connectivity index (χ0v) is 9.00. The van der Waals surface area contributed by atoms with Crippen molar-refractivity contribution in [1.29, 1.82) is 0 Å². The van der Waals surface area contributed by atoms with Crippen LogP contribution in [0.5, 0.6) is 0 Å². The third-order valence-corrected chi connectivity index (χ3v) is 2.83. The van der Waals surface area contributed by atoms with Crippen molar-refractivity contribution in [2.75, 3.05) is 0 Å². The molecular formula is C13H15F2N. The Balaban J connectivity index is 1.85. The lowest BCUT2D eigenvalue weighted by molar-refractivity contribution is 0.151. The van der Waals surface area contributed by atoms with Gasteiger partial charge in [-0.3, -0.25) is 0 Å². The maximum Gasteiger partial charge on any atom is 0.263 e. The zero-order valence-electron chi connectivity index (χ0n) is 9.00. The van der Waals surface area contributed by atoms with E-state index in [1.165, 1.54) is 12.1 Å². The van der Waals surface area contributed by atoms with Crippen LogP contribution in [0.2, 0.25) is 0 Å². The first kappa shape index (κ1) is 11.3. The average molecular weight is 223 g/mol. The van der Waals surface area contributed by atoms with Crippen LogP contribution in [-0.4, -0.2) is 6.04 Å². The molecule has 0 saturated carbocycles. The Morgan fingerprint density at radius 1 is 1.12 bits per heavy atom. The molecule has 2 rings (SSSR count). The van der Waals surface area contributed by atoms with Crippen molar-refractivity contribution in [3.05, 3.63) is 47.5 Å². The predicted molar refractivity (Wildman–Crippen MR) is 60.4 cm³/mol. The molecule has 1 N–H and O–H groups in total. The molecule has 1 aromatic rings. The smallest absolute Gasteiger partial charge is 0.263 e. The maximum absolute atomic E-state index is 12.3. The lowest BCUT2D eigenvalue weighted by Crippen LogP contribution is -2.25. The van der Waals surface area contributed by atoms with Gasteiger partial charge in [0.15, 0.2) is 0 Å². The third-order valence-electron chi connectivity index (χ3n) is 2.83. The molecule has 86 valence electrons. The van der Waals surface area contributed by atoms with Gasteiger partial charge < -0.3 is 5.32 Å². The summed E-state index contributed by atoms with van der Waals surface area (Å²) in [6, 6.07) is 7.02. The van der Waals surface area contributed by atoms with Gasteiger partial charge in [-0.1, -0.05) is 36.4 Å². The molecule has 0 spiro atoms. The molecule has 1 aliphatic carbocycles. The van der Waals surface area contributed by atoms with Gasteiger partial charge in [0, 0.05) is 18.2 Å². The summed E-state index contributed by atoms with van der Waals surface area (Å²) >= 11 is 0. The second kappa shape index (κ2) is 5.21. The number of hydrogen-bond donors (Lipinski definition) is 1. The topological polar surface area (TPSA) is 12.0 Å². The van der Waals surface area contributed by atoms with Gasteiger partial charge in [0.05, 0.1) is 0 Å². The summed E-state index contributed by atoms with van der Waals surface area (Å²) in [6.07, 6.45) is 4.08. The van der Waals surface area contributed by atoms with Crippen LogP contribution in [-0.2, 0) is 6.54 Å². The highest BCUT2D eigenvalue weighted by Gasteiger charge is 2.09. The van der Waals surface area contributed by atoms with E-state index < -0.39 is 6.43 Å². The monoisotopic (exact) mass is 223 g/mol. The first-order valence-corrected chi connectivity index (χ1v) is 5.51. The summed E-state index contributed by atoms with van der Waals surface area (Å²) in [6.45, 7) is 0.746. The minimum atomic E-state index is -2.37. The Labute approximate surface area is 94.2 Å². The number of rotatable bonds is 4. The molecule has 16 heavy (non-hydrogen) atoms. The van der Waals surface area contributed by atoms with Gasteiger partial charge in [0.1, 0.15) is 0 Å². The molecule has 0 heterocycles. The summed E-state index contributed by atoms with van der Waals surface area (Å²) in [4.78, 5) is 0. The van der Waals surface area contributed by atoms with Crippen LogP contribution in [0.3, 0.4) is 0 Å². The molecule has 1 aromatic carbocycles. The van der Waals surface area contributed by atoms with Crippen LogP contribution in [0.25, 0.3) is 0 Å². The molecule has 0 aliphatic heterocycles. The van der Waals surface area contributed by atoms with Gasteiger partial charge in [-0.25, -0.2) is 8.78 Å². The van der Waals surface area contributed by atoms with Gasteiger partial charge in [0.2, 0.25) is 0 Å². The molecule has 0 radical (unpaired) electrons. The molecule has 0 amide bonds. The first-order valence-electron chi connectivity index (χ1n) is 5.51. The van der Waals surface area contributed by atoms with Crippen LogP contribution >= 0.6 is 0 Å².